The van der Waals surface area contributed by atoms with E-state index in [0.29, 0.717) is 19.3 Å². The summed E-state index contributed by atoms with van der Waals surface area (Å²) in [6, 6.07) is 0.476. The average molecular weight is 255 g/mol. The van der Waals surface area contributed by atoms with E-state index in [-0.39, 0.29) is 0 Å². The Labute approximate surface area is 109 Å². The lowest BCUT2D eigenvalue weighted by molar-refractivity contribution is 0.0657. The zero-order valence-corrected chi connectivity index (χ0v) is 11.7. The van der Waals surface area contributed by atoms with Crippen LogP contribution in [0.15, 0.2) is 12.4 Å². The zero-order valence-electron chi connectivity index (χ0n) is 11.7. The van der Waals surface area contributed by atoms with Crippen molar-refractivity contribution in [3.05, 3.63) is 18.2 Å². The van der Waals surface area contributed by atoms with Crippen molar-refractivity contribution in [1.29, 1.82) is 0 Å². The summed E-state index contributed by atoms with van der Waals surface area (Å²) in [6.07, 6.45) is 6.92. The second-order valence-electron chi connectivity index (χ2n) is 4.37. The van der Waals surface area contributed by atoms with Gasteiger partial charge in [-0.25, -0.2) is 4.98 Å². The Hall–Kier alpha value is -0.910. The summed E-state index contributed by atoms with van der Waals surface area (Å²) >= 11 is 0. The fourth-order valence-electron chi connectivity index (χ4n) is 1.84. The summed E-state index contributed by atoms with van der Waals surface area (Å²) < 4.78 is 12.5. The van der Waals surface area contributed by atoms with E-state index in [9.17, 15) is 0 Å². The highest BCUT2D eigenvalue weighted by Gasteiger charge is 2.08. The largest absolute Gasteiger partial charge is 0.382 e. The number of rotatable bonds is 10. The van der Waals surface area contributed by atoms with Crippen LogP contribution >= 0.6 is 0 Å². The highest BCUT2D eigenvalue weighted by atomic mass is 16.5. The van der Waals surface area contributed by atoms with Crippen molar-refractivity contribution in [3.63, 3.8) is 0 Å². The lowest BCUT2D eigenvalue weighted by Crippen LogP contribution is -2.27. The maximum absolute atomic E-state index is 5.48. The molecule has 0 fully saturated rings. The van der Waals surface area contributed by atoms with E-state index in [4.69, 9.17) is 9.47 Å². The quantitative estimate of drug-likeness (QED) is 0.634. The molecule has 0 amide bonds. The van der Waals surface area contributed by atoms with Crippen LogP contribution < -0.4 is 5.32 Å². The van der Waals surface area contributed by atoms with Gasteiger partial charge in [-0.1, -0.05) is 0 Å². The Kier molecular flexibility index (Phi) is 7.64. The molecule has 0 aliphatic carbocycles. The first-order valence-electron chi connectivity index (χ1n) is 6.48. The SMILES string of the molecule is CNC(CCOCCOC)CCc1nccn1C. The van der Waals surface area contributed by atoms with E-state index in [0.717, 1.165) is 31.7 Å². The van der Waals surface area contributed by atoms with Crippen molar-refractivity contribution >= 4 is 0 Å². The molecule has 1 heterocycles. The molecule has 5 nitrogen and oxygen atoms in total. The Morgan fingerprint density at radius 2 is 2.17 bits per heavy atom. The monoisotopic (exact) mass is 255 g/mol. The number of aromatic nitrogens is 2. The molecular formula is C13H25N3O2. The molecule has 1 N–H and O–H groups in total. The third-order valence-electron chi connectivity index (χ3n) is 3.09. The summed E-state index contributed by atoms with van der Waals surface area (Å²) in [7, 11) is 5.72. The van der Waals surface area contributed by atoms with Crippen LogP contribution in [-0.2, 0) is 22.9 Å². The van der Waals surface area contributed by atoms with Gasteiger partial charge in [0.25, 0.3) is 0 Å². The minimum Gasteiger partial charge on any atom is -0.382 e. The number of aryl methyl sites for hydroxylation is 2. The molecule has 0 saturated heterocycles. The lowest BCUT2D eigenvalue weighted by Gasteiger charge is -2.16. The van der Waals surface area contributed by atoms with Crippen LogP contribution in [0.25, 0.3) is 0 Å². The van der Waals surface area contributed by atoms with Gasteiger partial charge in [-0.3, -0.25) is 0 Å². The Morgan fingerprint density at radius 3 is 2.78 bits per heavy atom. The van der Waals surface area contributed by atoms with Crippen molar-refractivity contribution < 1.29 is 9.47 Å². The second kappa shape index (κ2) is 9.08. The molecule has 0 bridgehead atoms. The molecule has 5 heteroatoms. The molecule has 1 aromatic rings. The lowest BCUT2D eigenvalue weighted by atomic mass is 10.1. The van der Waals surface area contributed by atoms with Gasteiger partial charge >= 0.3 is 0 Å². The fourth-order valence-corrected chi connectivity index (χ4v) is 1.84. The molecule has 1 atom stereocenters. The minimum absolute atomic E-state index is 0.476. The van der Waals surface area contributed by atoms with Gasteiger partial charge in [-0.15, -0.1) is 0 Å². The van der Waals surface area contributed by atoms with Gasteiger partial charge < -0.3 is 19.4 Å². The number of hydrogen-bond donors (Lipinski definition) is 1. The van der Waals surface area contributed by atoms with Gasteiger partial charge in [0.2, 0.25) is 0 Å². The summed E-state index contributed by atoms with van der Waals surface area (Å²) in [4.78, 5) is 4.33. The van der Waals surface area contributed by atoms with E-state index in [1.807, 2.05) is 26.5 Å². The van der Waals surface area contributed by atoms with E-state index >= 15 is 0 Å². The van der Waals surface area contributed by atoms with Gasteiger partial charge in [0.05, 0.1) is 13.2 Å². The maximum atomic E-state index is 5.48. The van der Waals surface area contributed by atoms with Crippen molar-refractivity contribution in [1.82, 2.24) is 14.9 Å². The van der Waals surface area contributed by atoms with Gasteiger partial charge in [0.1, 0.15) is 5.82 Å². The van der Waals surface area contributed by atoms with Crippen LogP contribution in [0.1, 0.15) is 18.7 Å². The Morgan fingerprint density at radius 1 is 1.33 bits per heavy atom. The van der Waals surface area contributed by atoms with Crippen molar-refractivity contribution in [2.45, 2.75) is 25.3 Å². The third kappa shape index (κ3) is 5.62. The van der Waals surface area contributed by atoms with Crippen LogP contribution in [-0.4, -0.2) is 49.6 Å². The molecule has 1 aromatic heterocycles. The summed E-state index contributed by atoms with van der Waals surface area (Å²) in [5.41, 5.74) is 0. The molecule has 0 aliphatic heterocycles. The number of hydrogen-bond acceptors (Lipinski definition) is 4. The molecule has 104 valence electrons. The predicted molar refractivity (Wildman–Crippen MR) is 71.7 cm³/mol. The number of imidazole rings is 1. The van der Waals surface area contributed by atoms with Crippen LogP contribution in [0.3, 0.4) is 0 Å². The van der Waals surface area contributed by atoms with Crippen molar-refractivity contribution in [2.24, 2.45) is 7.05 Å². The van der Waals surface area contributed by atoms with Gasteiger partial charge in [-0.2, -0.15) is 0 Å². The average Bonchev–Trinajstić information content (AvgIpc) is 2.78. The van der Waals surface area contributed by atoms with Gasteiger partial charge in [0, 0.05) is 45.6 Å². The molecule has 0 spiro atoms. The van der Waals surface area contributed by atoms with E-state index in [1.165, 1.54) is 0 Å². The van der Waals surface area contributed by atoms with E-state index in [2.05, 4.69) is 14.9 Å². The Balaban J connectivity index is 2.15. The molecule has 0 saturated carbocycles. The number of nitrogens with one attached hydrogen (secondary N) is 1. The first kappa shape index (κ1) is 15.1. The van der Waals surface area contributed by atoms with Gasteiger partial charge in [0.15, 0.2) is 0 Å². The maximum Gasteiger partial charge on any atom is 0.108 e. The fraction of sp³-hybridized carbons (Fsp3) is 0.769. The predicted octanol–water partition coefficient (Wildman–Crippen LogP) is 0.994. The van der Waals surface area contributed by atoms with Crippen LogP contribution in [0.4, 0.5) is 0 Å². The summed E-state index contributed by atoms with van der Waals surface area (Å²) in [6.45, 7) is 2.11. The van der Waals surface area contributed by atoms with Crippen LogP contribution in [0.5, 0.6) is 0 Å². The highest BCUT2D eigenvalue weighted by Crippen LogP contribution is 2.05. The molecule has 1 rings (SSSR count). The molecule has 0 aromatic carbocycles. The summed E-state index contributed by atoms with van der Waals surface area (Å²) in [5, 5.41) is 3.33. The van der Waals surface area contributed by atoms with Crippen LogP contribution in [0, 0.1) is 0 Å². The van der Waals surface area contributed by atoms with Crippen molar-refractivity contribution in [2.75, 3.05) is 34.0 Å². The Bertz CT molecular complexity index is 315. The first-order valence-corrected chi connectivity index (χ1v) is 6.48. The van der Waals surface area contributed by atoms with Crippen molar-refractivity contribution in [3.8, 4) is 0 Å². The van der Waals surface area contributed by atoms with E-state index < -0.39 is 0 Å². The van der Waals surface area contributed by atoms with Gasteiger partial charge in [-0.05, 0) is 19.9 Å². The minimum atomic E-state index is 0.476. The summed E-state index contributed by atoms with van der Waals surface area (Å²) in [5.74, 6) is 1.13. The highest BCUT2D eigenvalue weighted by molar-refractivity contribution is 4.91. The van der Waals surface area contributed by atoms with E-state index in [1.54, 1.807) is 7.11 Å². The smallest absolute Gasteiger partial charge is 0.108 e. The standard InChI is InChI=1S/C13H25N3O2/c1-14-12(6-9-18-11-10-17-3)4-5-13-15-7-8-16(13)2/h7-8,12,14H,4-6,9-11H2,1-3H3. The normalized spacial score (nSPS) is 12.8. The zero-order chi connectivity index (χ0) is 13.2. The number of ether oxygens (including phenoxy) is 2. The molecule has 18 heavy (non-hydrogen) atoms. The molecular weight excluding hydrogens is 230 g/mol. The topological polar surface area (TPSA) is 48.3 Å². The molecule has 0 radical (unpaired) electrons. The number of methoxy groups -OCH3 is 1. The first-order chi connectivity index (χ1) is 8.77. The second-order valence-corrected chi connectivity index (χ2v) is 4.37. The molecule has 0 aliphatic rings. The molecule has 1 unspecified atom stereocenters. The van der Waals surface area contributed by atoms with Crippen LogP contribution in [0.2, 0.25) is 0 Å². The number of nitrogens with zero attached hydrogens (tertiary/aromatic N) is 2. The third-order valence-corrected chi connectivity index (χ3v) is 3.09.